The molecule has 0 radical (unpaired) electrons. The molecule has 1 saturated heterocycles. The van der Waals surface area contributed by atoms with Crippen molar-refractivity contribution in [2.75, 3.05) is 39.0 Å². The summed E-state index contributed by atoms with van der Waals surface area (Å²) >= 11 is 0. The van der Waals surface area contributed by atoms with Crippen LogP contribution in [0.4, 0.5) is 10.1 Å². The molecule has 1 fully saturated rings. The largest absolute Gasteiger partial charge is 0.396 e. The van der Waals surface area contributed by atoms with Crippen LogP contribution in [0.2, 0.25) is 0 Å². The molecule has 0 aliphatic carbocycles. The minimum atomic E-state index is -0.543. The van der Waals surface area contributed by atoms with E-state index in [0.717, 1.165) is 19.6 Å². The molecule has 104 valence electrons. The quantitative estimate of drug-likeness (QED) is 0.841. The van der Waals surface area contributed by atoms with Gasteiger partial charge in [-0.25, -0.2) is 4.39 Å². The average Bonchev–Trinajstić information content (AvgIpc) is 2.91. The number of anilines is 1. The zero-order valence-electron chi connectivity index (χ0n) is 11.2. The Hall–Kier alpha value is -1.62. The monoisotopic (exact) mass is 265 g/mol. The molecule has 0 spiro atoms. The summed E-state index contributed by atoms with van der Waals surface area (Å²) < 4.78 is 13.3. The maximum Gasteiger partial charge on any atom is 0.253 e. The van der Waals surface area contributed by atoms with Crippen molar-refractivity contribution in [2.45, 2.75) is 12.8 Å². The van der Waals surface area contributed by atoms with Crippen LogP contribution in [0.1, 0.15) is 23.2 Å². The summed E-state index contributed by atoms with van der Waals surface area (Å²) in [5.74, 6) is -0.711. The average molecular weight is 265 g/mol. The molecule has 1 aliphatic heterocycles. The number of nitrogens with two attached hydrogens (primary N) is 1. The Labute approximate surface area is 113 Å². The van der Waals surface area contributed by atoms with Crippen LogP contribution in [0.3, 0.4) is 0 Å². The molecule has 19 heavy (non-hydrogen) atoms. The third-order valence-corrected chi connectivity index (χ3v) is 3.54. The van der Waals surface area contributed by atoms with Crippen molar-refractivity contribution in [2.24, 2.45) is 0 Å². The third-order valence-electron chi connectivity index (χ3n) is 3.54. The number of carbonyl (C=O) groups is 1. The molecule has 0 atom stereocenters. The Morgan fingerprint density at radius 1 is 1.42 bits per heavy atom. The molecule has 1 aromatic carbocycles. The Balaban J connectivity index is 1.92. The van der Waals surface area contributed by atoms with Crippen molar-refractivity contribution < 1.29 is 9.18 Å². The highest BCUT2D eigenvalue weighted by molar-refractivity contribution is 5.94. The lowest BCUT2D eigenvalue weighted by Crippen LogP contribution is -2.35. The number of hydrogen-bond donors (Lipinski definition) is 1. The fourth-order valence-electron chi connectivity index (χ4n) is 2.28. The highest BCUT2D eigenvalue weighted by atomic mass is 19.1. The van der Waals surface area contributed by atoms with Crippen LogP contribution in [-0.2, 0) is 0 Å². The van der Waals surface area contributed by atoms with Crippen LogP contribution in [0.15, 0.2) is 18.2 Å². The standard InChI is InChI=1S/C14H20FN3O/c1-17(8-9-18-6-2-3-7-18)14(19)11-4-5-13(16)12(15)10-11/h4-5,10H,2-3,6-9,16H2,1H3. The number of likely N-dealkylation sites (tertiary alicyclic amines) is 1. The first-order valence-corrected chi connectivity index (χ1v) is 6.61. The van der Waals surface area contributed by atoms with E-state index in [1.165, 1.54) is 25.0 Å². The van der Waals surface area contributed by atoms with E-state index < -0.39 is 5.82 Å². The smallest absolute Gasteiger partial charge is 0.253 e. The Morgan fingerprint density at radius 2 is 2.11 bits per heavy atom. The van der Waals surface area contributed by atoms with Gasteiger partial charge in [-0.3, -0.25) is 4.79 Å². The highest BCUT2D eigenvalue weighted by Gasteiger charge is 2.16. The molecule has 0 aromatic heterocycles. The van der Waals surface area contributed by atoms with Crippen LogP contribution < -0.4 is 5.73 Å². The number of amides is 1. The van der Waals surface area contributed by atoms with E-state index in [1.807, 2.05) is 0 Å². The highest BCUT2D eigenvalue weighted by Crippen LogP contribution is 2.13. The third kappa shape index (κ3) is 3.44. The molecular formula is C14H20FN3O. The summed E-state index contributed by atoms with van der Waals surface area (Å²) in [4.78, 5) is 16.1. The topological polar surface area (TPSA) is 49.6 Å². The second kappa shape index (κ2) is 6.02. The molecule has 0 bridgehead atoms. The Morgan fingerprint density at radius 3 is 2.74 bits per heavy atom. The van der Waals surface area contributed by atoms with Gasteiger partial charge in [0.25, 0.3) is 5.91 Å². The zero-order valence-corrected chi connectivity index (χ0v) is 11.2. The number of carbonyl (C=O) groups excluding carboxylic acids is 1. The van der Waals surface area contributed by atoms with Crippen LogP contribution in [0.5, 0.6) is 0 Å². The van der Waals surface area contributed by atoms with E-state index in [0.29, 0.717) is 12.1 Å². The van der Waals surface area contributed by atoms with Gasteiger partial charge in [0.15, 0.2) is 0 Å². The van der Waals surface area contributed by atoms with Gasteiger partial charge in [-0.2, -0.15) is 0 Å². The summed E-state index contributed by atoms with van der Waals surface area (Å²) in [5.41, 5.74) is 5.81. The molecule has 1 amide bonds. The van der Waals surface area contributed by atoms with Crippen molar-refractivity contribution >= 4 is 11.6 Å². The van der Waals surface area contributed by atoms with Crippen molar-refractivity contribution in [3.63, 3.8) is 0 Å². The number of rotatable bonds is 4. The number of nitrogens with zero attached hydrogens (tertiary/aromatic N) is 2. The number of halogens is 1. The SMILES string of the molecule is CN(CCN1CCCC1)C(=O)c1ccc(N)c(F)c1. The summed E-state index contributed by atoms with van der Waals surface area (Å²) in [6.07, 6.45) is 2.47. The van der Waals surface area contributed by atoms with Crippen molar-refractivity contribution in [3.05, 3.63) is 29.6 Å². The second-order valence-corrected chi connectivity index (χ2v) is 5.01. The maximum absolute atomic E-state index is 13.3. The van der Waals surface area contributed by atoms with Gasteiger partial charge >= 0.3 is 0 Å². The summed E-state index contributed by atoms with van der Waals surface area (Å²) in [6.45, 7) is 3.75. The number of nitrogen functional groups attached to an aromatic ring is 1. The van der Waals surface area contributed by atoms with Gasteiger partial charge in [0.05, 0.1) is 5.69 Å². The van der Waals surface area contributed by atoms with Gasteiger partial charge in [0, 0.05) is 25.7 Å². The molecule has 1 heterocycles. The first kappa shape index (κ1) is 13.8. The summed E-state index contributed by atoms with van der Waals surface area (Å²) in [7, 11) is 1.74. The van der Waals surface area contributed by atoms with Gasteiger partial charge in [-0.15, -0.1) is 0 Å². The van der Waals surface area contributed by atoms with Crippen LogP contribution >= 0.6 is 0 Å². The summed E-state index contributed by atoms with van der Waals surface area (Å²) in [5, 5.41) is 0. The minimum absolute atomic E-state index is 0.0660. The van der Waals surface area contributed by atoms with Crippen LogP contribution in [0.25, 0.3) is 0 Å². The fraction of sp³-hybridized carbons (Fsp3) is 0.500. The van der Waals surface area contributed by atoms with E-state index in [4.69, 9.17) is 5.73 Å². The lowest BCUT2D eigenvalue weighted by atomic mass is 10.2. The number of likely N-dealkylation sites (N-methyl/N-ethyl adjacent to an activating group) is 1. The first-order chi connectivity index (χ1) is 9.08. The van der Waals surface area contributed by atoms with Gasteiger partial charge in [-0.1, -0.05) is 0 Å². The lowest BCUT2D eigenvalue weighted by molar-refractivity contribution is 0.0782. The van der Waals surface area contributed by atoms with E-state index in [2.05, 4.69) is 4.90 Å². The molecule has 0 unspecified atom stereocenters. The molecule has 1 aromatic rings. The van der Waals surface area contributed by atoms with Gasteiger partial charge in [0.1, 0.15) is 5.82 Å². The molecule has 2 N–H and O–H groups in total. The number of hydrogen-bond acceptors (Lipinski definition) is 3. The zero-order chi connectivity index (χ0) is 13.8. The van der Waals surface area contributed by atoms with Crippen LogP contribution in [0, 0.1) is 5.82 Å². The molecule has 4 nitrogen and oxygen atoms in total. The van der Waals surface area contributed by atoms with E-state index in [-0.39, 0.29) is 11.6 Å². The molecular weight excluding hydrogens is 245 g/mol. The maximum atomic E-state index is 13.3. The van der Waals surface area contributed by atoms with E-state index >= 15 is 0 Å². The van der Waals surface area contributed by atoms with E-state index in [9.17, 15) is 9.18 Å². The fourth-order valence-corrected chi connectivity index (χ4v) is 2.28. The van der Waals surface area contributed by atoms with Gasteiger partial charge in [-0.05, 0) is 44.1 Å². The predicted octanol–water partition coefficient (Wildman–Crippen LogP) is 1.58. The normalized spacial score (nSPS) is 15.7. The Kier molecular flexibility index (Phi) is 4.37. The van der Waals surface area contributed by atoms with Crippen molar-refractivity contribution in [3.8, 4) is 0 Å². The van der Waals surface area contributed by atoms with E-state index in [1.54, 1.807) is 18.0 Å². The van der Waals surface area contributed by atoms with Crippen LogP contribution in [-0.4, -0.2) is 48.9 Å². The molecule has 2 rings (SSSR count). The van der Waals surface area contributed by atoms with Gasteiger partial charge in [0.2, 0.25) is 0 Å². The second-order valence-electron chi connectivity index (χ2n) is 5.01. The first-order valence-electron chi connectivity index (χ1n) is 6.61. The molecule has 0 saturated carbocycles. The van der Waals surface area contributed by atoms with Crippen molar-refractivity contribution in [1.29, 1.82) is 0 Å². The minimum Gasteiger partial charge on any atom is -0.396 e. The number of benzene rings is 1. The predicted molar refractivity (Wildman–Crippen MR) is 73.4 cm³/mol. The van der Waals surface area contributed by atoms with Crippen molar-refractivity contribution in [1.82, 2.24) is 9.80 Å². The molecule has 1 aliphatic rings. The molecule has 5 heteroatoms. The lowest BCUT2D eigenvalue weighted by Gasteiger charge is -2.21. The summed E-state index contributed by atoms with van der Waals surface area (Å²) in [6, 6.07) is 4.19. The Bertz CT molecular complexity index is 458. The van der Waals surface area contributed by atoms with Gasteiger partial charge < -0.3 is 15.5 Å².